The molecule has 0 aliphatic carbocycles. The third kappa shape index (κ3) is 3.17. The highest BCUT2D eigenvalue weighted by molar-refractivity contribution is 7.09. The zero-order chi connectivity index (χ0) is 14.6. The molecule has 0 bridgehead atoms. The number of carbonyl (C=O) groups excluding carboxylic acids is 1. The van der Waals surface area contributed by atoms with Crippen molar-refractivity contribution in [3.05, 3.63) is 46.4 Å². The van der Waals surface area contributed by atoms with Crippen LogP contribution in [0.5, 0.6) is 0 Å². The number of carbonyl (C=O) groups is 1. The van der Waals surface area contributed by atoms with Gasteiger partial charge in [-0.1, -0.05) is 12.1 Å². The zero-order valence-corrected chi connectivity index (χ0v) is 12.7. The fraction of sp³-hybridized carbons (Fsp3) is 0.333. The van der Waals surface area contributed by atoms with Crippen LogP contribution in [-0.2, 0) is 21.5 Å². The van der Waals surface area contributed by atoms with Crippen molar-refractivity contribution in [3.63, 3.8) is 0 Å². The number of esters is 1. The molecule has 2 aromatic rings. The second kappa shape index (κ2) is 6.05. The predicted molar refractivity (Wildman–Crippen MR) is 80.9 cm³/mol. The summed E-state index contributed by atoms with van der Waals surface area (Å²) in [5.74, 6) is -0.233. The Labute approximate surface area is 122 Å². The molecule has 1 N–H and O–H groups in total. The van der Waals surface area contributed by atoms with Gasteiger partial charge >= 0.3 is 5.97 Å². The van der Waals surface area contributed by atoms with Gasteiger partial charge in [-0.25, -0.2) is 0 Å². The third-order valence-corrected chi connectivity index (χ3v) is 4.03. The van der Waals surface area contributed by atoms with Gasteiger partial charge in [0.25, 0.3) is 0 Å². The van der Waals surface area contributed by atoms with Gasteiger partial charge in [-0.2, -0.15) is 0 Å². The molecule has 0 amide bonds. The van der Waals surface area contributed by atoms with Crippen LogP contribution in [0.1, 0.15) is 24.3 Å². The van der Waals surface area contributed by atoms with E-state index in [1.165, 1.54) is 12.0 Å². The Kier molecular flexibility index (Phi) is 4.39. The number of aromatic nitrogens is 1. The number of hydrogen-bond donors (Lipinski definition) is 1. The standard InChI is InChI=1S/C15H18N2O2S/c1-15(2,14(18)19-3)11-4-6-12(7-5-11)17-9-13-8-16-10-20-13/h4-8,10,17H,9H2,1-3H3. The van der Waals surface area contributed by atoms with E-state index < -0.39 is 5.41 Å². The average molecular weight is 290 g/mol. The van der Waals surface area contributed by atoms with E-state index in [-0.39, 0.29) is 5.97 Å². The largest absolute Gasteiger partial charge is 0.468 e. The number of thiazole rings is 1. The van der Waals surface area contributed by atoms with Crippen LogP contribution in [0.3, 0.4) is 0 Å². The summed E-state index contributed by atoms with van der Waals surface area (Å²) in [5.41, 5.74) is 3.14. The summed E-state index contributed by atoms with van der Waals surface area (Å²) in [7, 11) is 1.41. The summed E-state index contributed by atoms with van der Waals surface area (Å²) in [6, 6.07) is 7.85. The first-order chi connectivity index (χ1) is 9.54. The lowest BCUT2D eigenvalue weighted by Gasteiger charge is -2.22. The topological polar surface area (TPSA) is 51.2 Å². The van der Waals surface area contributed by atoms with E-state index in [0.717, 1.165) is 17.8 Å². The van der Waals surface area contributed by atoms with Gasteiger partial charge in [0, 0.05) is 16.8 Å². The molecule has 0 saturated heterocycles. The van der Waals surface area contributed by atoms with Crippen molar-refractivity contribution in [2.45, 2.75) is 25.8 Å². The number of methoxy groups -OCH3 is 1. The van der Waals surface area contributed by atoms with Gasteiger partial charge in [0.15, 0.2) is 0 Å². The normalized spacial score (nSPS) is 11.2. The fourth-order valence-corrected chi connectivity index (χ4v) is 2.43. The van der Waals surface area contributed by atoms with Crippen LogP contribution in [0.2, 0.25) is 0 Å². The Hall–Kier alpha value is -1.88. The predicted octanol–water partition coefficient (Wildman–Crippen LogP) is 3.21. The molecular weight excluding hydrogens is 272 g/mol. The quantitative estimate of drug-likeness (QED) is 0.859. The summed E-state index contributed by atoms with van der Waals surface area (Å²) < 4.78 is 4.84. The Morgan fingerprint density at radius 3 is 2.60 bits per heavy atom. The monoisotopic (exact) mass is 290 g/mol. The van der Waals surface area contributed by atoms with Crippen LogP contribution in [-0.4, -0.2) is 18.1 Å². The molecule has 4 nitrogen and oxygen atoms in total. The first-order valence-corrected chi connectivity index (χ1v) is 7.22. The molecule has 106 valence electrons. The lowest BCUT2D eigenvalue weighted by Crippen LogP contribution is -2.30. The minimum absolute atomic E-state index is 0.233. The third-order valence-electron chi connectivity index (χ3n) is 3.25. The van der Waals surface area contributed by atoms with Crippen LogP contribution in [0, 0.1) is 0 Å². The van der Waals surface area contributed by atoms with Gasteiger partial charge in [0.2, 0.25) is 0 Å². The molecule has 0 spiro atoms. The van der Waals surface area contributed by atoms with Crippen molar-refractivity contribution in [1.29, 1.82) is 0 Å². The summed E-state index contributed by atoms with van der Waals surface area (Å²) in [4.78, 5) is 17.0. The van der Waals surface area contributed by atoms with E-state index in [4.69, 9.17) is 4.74 Å². The summed E-state index contributed by atoms with van der Waals surface area (Å²) in [6.07, 6.45) is 1.85. The Bertz CT molecular complexity index is 562. The number of benzene rings is 1. The van der Waals surface area contributed by atoms with Crippen molar-refractivity contribution in [2.24, 2.45) is 0 Å². The molecular formula is C15H18N2O2S. The Morgan fingerprint density at radius 1 is 1.35 bits per heavy atom. The molecule has 0 radical (unpaired) electrons. The maximum Gasteiger partial charge on any atom is 0.315 e. The van der Waals surface area contributed by atoms with Crippen LogP contribution in [0.4, 0.5) is 5.69 Å². The lowest BCUT2D eigenvalue weighted by atomic mass is 9.85. The molecule has 0 saturated carbocycles. The highest BCUT2D eigenvalue weighted by Gasteiger charge is 2.30. The molecule has 5 heteroatoms. The highest BCUT2D eigenvalue weighted by atomic mass is 32.1. The van der Waals surface area contributed by atoms with Gasteiger partial charge in [0.05, 0.1) is 24.6 Å². The minimum Gasteiger partial charge on any atom is -0.468 e. The van der Waals surface area contributed by atoms with E-state index >= 15 is 0 Å². The summed E-state index contributed by atoms with van der Waals surface area (Å²) in [5, 5.41) is 3.32. The maximum atomic E-state index is 11.8. The van der Waals surface area contributed by atoms with E-state index in [1.807, 2.05) is 49.8 Å². The molecule has 0 aliphatic heterocycles. The van der Waals surface area contributed by atoms with Crippen molar-refractivity contribution < 1.29 is 9.53 Å². The molecule has 0 fully saturated rings. The SMILES string of the molecule is COC(=O)C(C)(C)c1ccc(NCc2cncs2)cc1. The van der Waals surface area contributed by atoms with Gasteiger partial charge in [-0.05, 0) is 31.5 Å². The zero-order valence-electron chi connectivity index (χ0n) is 11.8. The number of nitrogens with zero attached hydrogens (tertiary/aromatic N) is 1. The van der Waals surface area contributed by atoms with E-state index in [0.29, 0.717) is 0 Å². The van der Waals surface area contributed by atoms with Gasteiger partial charge in [-0.3, -0.25) is 9.78 Å². The summed E-state index contributed by atoms with van der Waals surface area (Å²) >= 11 is 1.62. The number of nitrogens with one attached hydrogen (secondary N) is 1. The first kappa shape index (κ1) is 14.5. The first-order valence-electron chi connectivity index (χ1n) is 6.34. The van der Waals surface area contributed by atoms with E-state index in [2.05, 4.69) is 10.3 Å². The molecule has 0 atom stereocenters. The molecule has 0 aliphatic rings. The van der Waals surface area contributed by atoms with Gasteiger partial charge in [-0.15, -0.1) is 11.3 Å². The molecule has 2 rings (SSSR count). The Morgan fingerprint density at radius 2 is 2.05 bits per heavy atom. The maximum absolute atomic E-state index is 11.8. The van der Waals surface area contributed by atoms with Crippen molar-refractivity contribution in [1.82, 2.24) is 4.98 Å². The summed E-state index contributed by atoms with van der Waals surface area (Å²) in [6.45, 7) is 4.47. The smallest absolute Gasteiger partial charge is 0.315 e. The van der Waals surface area contributed by atoms with Crippen molar-refractivity contribution in [2.75, 3.05) is 12.4 Å². The van der Waals surface area contributed by atoms with Crippen molar-refractivity contribution in [3.8, 4) is 0 Å². The highest BCUT2D eigenvalue weighted by Crippen LogP contribution is 2.26. The fourth-order valence-electron chi connectivity index (χ4n) is 1.90. The number of anilines is 1. The van der Waals surface area contributed by atoms with Gasteiger partial charge < -0.3 is 10.1 Å². The molecule has 1 heterocycles. The number of rotatable bonds is 5. The van der Waals surface area contributed by atoms with Crippen LogP contribution in [0.15, 0.2) is 36.0 Å². The lowest BCUT2D eigenvalue weighted by molar-refractivity contribution is -0.146. The van der Waals surface area contributed by atoms with E-state index in [1.54, 1.807) is 11.3 Å². The van der Waals surface area contributed by atoms with Crippen LogP contribution >= 0.6 is 11.3 Å². The minimum atomic E-state index is -0.634. The van der Waals surface area contributed by atoms with Crippen LogP contribution in [0.25, 0.3) is 0 Å². The average Bonchev–Trinajstić information content (AvgIpc) is 2.98. The molecule has 1 aromatic heterocycles. The second-order valence-corrected chi connectivity index (χ2v) is 5.99. The van der Waals surface area contributed by atoms with Crippen LogP contribution < -0.4 is 5.32 Å². The second-order valence-electron chi connectivity index (χ2n) is 5.02. The number of hydrogen-bond acceptors (Lipinski definition) is 5. The van der Waals surface area contributed by atoms with Gasteiger partial charge in [0.1, 0.15) is 0 Å². The Balaban J connectivity index is 2.04. The molecule has 1 aromatic carbocycles. The van der Waals surface area contributed by atoms with Crippen molar-refractivity contribution >= 4 is 23.0 Å². The number of ether oxygens (including phenoxy) is 1. The molecule has 20 heavy (non-hydrogen) atoms. The molecule has 0 unspecified atom stereocenters. The van der Waals surface area contributed by atoms with E-state index in [9.17, 15) is 4.79 Å².